The second-order valence-corrected chi connectivity index (χ2v) is 4.79. The Labute approximate surface area is 111 Å². The molecule has 0 bridgehead atoms. The van der Waals surface area contributed by atoms with Crippen LogP contribution in [0.2, 0.25) is 0 Å². The lowest BCUT2D eigenvalue weighted by Gasteiger charge is -2.35. The van der Waals surface area contributed by atoms with Gasteiger partial charge >= 0.3 is 6.18 Å². The van der Waals surface area contributed by atoms with Crippen molar-refractivity contribution in [1.82, 2.24) is 10.2 Å². The molecule has 7 heteroatoms. The van der Waals surface area contributed by atoms with Crippen LogP contribution >= 0.6 is 12.2 Å². The number of nitrogens with one attached hydrogen (secondary N) is 1. The van der Waals surface area contributed by atoms with Crippen molar-refractivity contribution in [2.75, 3.05) is 33.4 Å². The van der Waals surface area contributed by atoms with Gasteiger partial charge in [-0.1, -0.05) is 0 Å². The quantitative estimate of drug-likeness (QED) is 0.632. The third kappa shape index (κ3) is 4.97. The van der Waals surface area contributed by atoms with E-state index in [1.165, 1.54) is 0 Å². The summed E-state index contributed by atoms with van der Waals surface area (Å²) < 4.78 is 42.8. The monoisotopic (exact) mass is 284 g/mol. The van der Waals surface area contributed by atoms with Gasteiger partial charge in [0.05, 0.1) is 5.92 Å². The molecule has 1 N–H and O–H groups in total. The standard InChI is InChI=1S/C11H19F3N2OS/c1-17-7-3-5-15-10(18)16-6-2-4-9(8-16)11(12,13)14/h9H,2-8H2,1H3,(H,15,18). The number of likely N-dealkylation sites (tertiary alicyclic amines) is 1. The fraction of sp³-hybridized carbons (Fsp3) is 0.909. The van der Waals surface area contributed by atoms with Crippen molar-refractivity contribution < 1.29 is 17.9 Å². The highest BCUT2D eigenvalue weighted by Crippen LogP contribution is 2.33. The van der Waals surface area contributed by atoms with E-state index in [4.69, 9.17) is 17.0 Å². The summed E-state index contributed by atoms with van der Waals surface area (Å²) >= 11 is 5.11. The Balaban J connectivity index is 2.34. The van der Waals surface area contributed by atoms with Gasteiger partial charge in [0, 0.05) is 33.4 Å². The van der Waals surface area contributed by atoms with E-state index in [0.29, 0.717) is 31.2 Å². The molecule has 1 aliphatic rings. The largest absolute Gasteiger partial charge is 0.393 e. The predicted molar refractivity (Wildman–Crippen MR) is 67.4 cm³/mol. The number of hydrogen-bond donors (Lipinski definition) is 1. The zero-order valence-corrected chi connectivity index (χ0v) is 11.2. The first-order valence-corrected chi connectivity index (χ1v) is 6.44. The van der Waals surface area contributed by atoms with Crippen LogP contribution in [0.15, 0.2) is 0 Å². The second-order valence-electron chi connectivity index (χ2n) is 4.41. The highest BCUT2D eigenvalue weighted by molar-refractivity contribution is 7.80. The zero-order chi connectivity index (χ0) is 13.6. The minimum absolute atomic E-state index is 0.0282. The molecule has 1 heterocycles. The smallest absolute Gasteiger partial charge is 0.385 e. The number of piperidine rings is 1. The molecule has 1 atom stereocenters. The molecule has 1 unspecified atom stereocenters. The van der Waals surface area contributed by atoms with Crippen molar-refractivity contribution >= 4 is 17.3 Å². The fourth-order valence-corrected chi connectivity index (χ4v) is 2.22. The first-order chi connectivity index (χ1) is 8.45. The van der Waals surface area contributed by atoms with E-state index in [9.17, 15) is 13.2 Å². The Hall–Kier alpha value is -0.560. The molecule has 0 aliphatic carbocycles. The number of rotatable bonds is 4. The number of hydrogen-bond acceptors (Lipinski definition) is 2. The predicted octanol–water partition coefficient (Wildman–Crippen LogP) is 2.17. The second kappa shape index (κ2) is 7.13. The van der Waals surface area contributed by atoms with E-state index < -0.39 is 12.1 Å². The van der Waals surface area contributed by atoms with Gasteiger partial charge < -0.3 is 15.0 Å². The molecule has 0 amide bonds. The molecule has 1 aliphatic heterocycles. The van der Waals surface area contributed by atoms with Crippen LogP contribution in [0.4, 0.5) is 13.2 Å². The number of thiocarbonyl (C=S) groups is 1. The van der Waals surface area contributed by atoms with E-state index in [2.05, 4.69) is 5.32 Å². The summed E-state index contributed by atoms with van der Waals surface area (Å²) in [7, 11) is 1.61. The van der Waals surface area contributed by atoms with Crippen molar-refractivity contribution in [3.63, 3.8) is 0 Å². The third-order valence-electron chi connectivity index (χ3n) is 2.97. The summed E-state index contributed by atoms with van der Waals surface area (Å²) in [4.78, 5) is 1.61. The maximum atomic E-state index is 12.6. The molecule has 18 heavy (non-hydrogen) atoms. The molecule has 3 nitrogen and oxygen atoms in total. The van der Waals surface area contributed by atoms with E-state index in [1.807, 2.05) is 0 Å². The highest BCUT2D eigenvalue weighted by Gasteiger charge is 2.42. The Morgan fingerprint density at radius 3 is 2.83 bits per heavy atom. The van der Waals surface area contributed by atoms with Crippen molar-refractivity contribution in [1.29, 1.82) is 0 Å². The van der Waals surface area contributed by atoms with Crippen LogP contribution < -0.4 is 5.32 Å². The summed E-state index contributed by atoms with van der Waals surface area (Å²) in [6, 6.07) is 0. The molecule has 0 spiro atoms. The molecule has 0 aromatic carbocycles. The SMILES string of the molecule is COCCCNC(=S)N1CCCC(C(F)(F)F)C1. The Kier molecular flexibility index (Phi) is 6.14. The summed E-state index contributed by atoms with van der Waals surface area (Å²) in [5.74, 6) is -1.26. The minimum Gasteiger partial charge on any atom is -0.385 e. The number of nitrogens with zero attached hydrogens (tertiary/aromatic N) is 1. The normalized spacial score (nSPS) is 20.9. The Morgan fingerprint density at radius 2 is 2.22 bits per heavy atom. The van der Waals surface area contributed by atoms with Gasteiger partial charge in [-0.15, -0.1) is 0 Å². The van der Waals surface area contributed by atoms with E-state index in [0.717, 1.165) is 6.42 Å². The summed E-state index contributed by atoms with van der Waals surface area (Å²) in [5, 5.41) is 3.39. The van der Waals surface area contributed by atoms with Crippen molar-refractivity contribution in [3.05, 3.63) is 0 Å². The maximum Gasteiger partial charge on any atom is 0.393 e. The lowest BCUT2D eigenvalue weighted by Crippen LogP contribution is -2.48. The van der Waals surface area contributed by atoms with Gasteiger partial charge in [-0.2, -0.15) is 13.2 Å². The molecule has 0 saturated carbocycles. The van der Waals surface area contributed by atoms with Crippen LogP contribution in [0.3, 0.4) is 0 Å². The van der Waals surface area contributed by atoms with Crippen LogP contribution in [0.25, 0.3) is 0 Å². The zero-order valence-electron chi connectivity index (χ0n) is 10.4. The molecule has 0 aromatic rings. The van der Waals surface area contributed by atoms with Gasteiger partial charge in [-0.3, -0.25) is 0 Å². The van der Waals surface area contributed by atoms with Gasteiger partial charge in [0.15, 0.2) is 5.11 Å². The molecule has 0 radical (unpaired) electrons. The van der Waals surface area contributed by atoms with Crippen LogP contribution in [-0.2, 0) is 4.74 Å². The average molecular weight is 284 g/mol. The molecule has 0 aromatic heterocycles. The maximum absolute atomic E-state index is 12.6. The van der Waals surface area contributed by atoms with Gasteiger partial charge in [0.2, 0.25) is 0 Å². The first-order valence-electron chi connectivity index (χ1n) is 6.03. The van der Waals surface area contributed by atoms with Crippen LogP contribution in [0.1, 0.15) is 19.3 Å². The van der Waals surface area contributed by atoms with E-state index >= 15 is 0 Å². The van der Waals surface area contributed by atoms with Crippen molar-refractivity contribution in [3.8, 4) is 0 Å². The lowest BCUT2D eigenvalue weighted by atomic mass is 9.98. The minimum atomic E-state index is -4.12. The first kappa shape index (κ1) is 15.5. The summed E-state index contributed by atoms with van der Waals surface area (Å²) in [6.45, 7) is 1.81. The molecule has 1 saturated heterocycles. The molecular formula is C11H19F3N2OS. The van der Waals surface area contributed by atoms with Crippen LogP contribution in [0, 0.1) is 5.92 Å². The third-order valence-corrected chi connectivity index (χ3v) is 3.38. The van der Waals surface area contributed by atoms with Gasteiger partial charge in [0.25, 0.3) is 0 Å². The summed E-state index contributed by atoms with van der Waals surface area (Å²) in [6.07, 6.45) is -2.60. The van der Waals surface area contributed by atoms with Crippen LogP contribution in [0.5, 0.6) is 0 Å². The molecular weight excluding hydrogens is 265 g/mol. The van der Waals surface area contributed by atoms with Crippen molar-refractivity contribution in [2.24, 2.45) is 5.92 Å². The Bertz CT molecular complexity index is 274. The number of ether oxygens (including phenoxy) is 1. The van der Waals surface area contributed by atoms with Gasteiger partial charge in [0.1, 0.15) is 0 Å². The van der Waals surface area contributed by atoms with Gasteiger partial charge in [-0.05, 0) is 31.5 Å². The van der Waals surface area contributed by atoms with E-state index in [-0.39, 0.29) is 13.0 Å². The summed E-state index contributed by atoms with van der Waals surface area (Å²) in [5.41, 5.74) is 0. The molecule has 106 valence electrons. The fourth-order valence-electron chi connectivity index (χ4n) is 1.95. The van der Waals surface area contributed by atoms with Crippen LogP contribution in [-0.4, -0.2) is 49.5 Å². The van der Waals surface area contributed by atoms with E-state index in [1.54, 1.807) is 12.0 Å². The average Bonchev–Trinajstić information content (AvgIpc) is 2.33. The highest BCUT2D eigenvalue weighted by atomic mass is 32.1. The number of methoxy groups -OCH3 is 1. The molecule has 1 rings (SSSR count). The number of alkyl halides is 3. The lowest BCUT2D eigenvalue weighted by molar-refractivity contribution is -0.183. The van der Waals surface area contributed by atoms with Gasteiger partial charge in [-0.25, -0.2) is 0 Å². The Morgan fingerprint density at radius 1 is 1.50 bits per heavy atom. The number of halogens is 3. The topological polar surface area (TPSA) is 24.5 Å². The molecule has 1 fully saturated rings. The van der Waals surface area contributed by atoms with Crippen molar-refractivity contribution in [2.45, 2.75) is 25.4 Å².